The SMILES string of the molecule is CC(C)(C)c1cc[nH+]c(-c2ccccc2)c1. The third-order valence-electron chi connectivity index (χ3n) is 2.75. The highest BCUT2D eigenvalue weighted by atomic mass is 14.7. The summed E-state index contributed by atoms with van der Waals surface area (Å²) in [7, 11) is 0. The quantitative estimate of drug-likeness (QED) is 0.687. The van der Waals surface area contributed by atoms with Crippen LogP contribution in [-0.2, 0) is 5.41 Å². The van der Waals surface area contributed by atoms with Gasteiger partial charge in [0.1, 0.15) is 0 Å². The topological polar surface area (TPSA) is 14.1 Å². The van der Waals surface area contributed by atoms with Gasteiger partial charge in [-0.15, -0.1) is 0 Å². The van der Waals surface area contributed by atoms with Gasteiger partial charge in [0.2, 0.25) is 5.69 Å². The van der Waals surface area contributed by atoms with Crippen molar-refractivity contribution < 1.29 is 4.98 Å². The van der Waals surface area contributed by atoms with Gasteiger partial charge in [-0.05, 0) is 23.1 Å². The van der Waals surface area contributed by atoms with E-state index < -0.39 is 0 Å². The summed E-state index contributed by atoms with van der Waals surface area (Å²) >= 11 is 0. The molecule has 0 spiro atoms. The maximum Gasteiger partial charge on any atom is 0.211 e. The fourth-order valence-electron chi connectivity index (χ4n) is 1.72. The van der Waals surface area contributed by atoms with Crippen LogP contribution in [0.4, 0.5) is 0 Å². The van der Waals surface area contributed by atoms with Crippen LogP contribution >= 0.6 is 0 Å². The normalized spacial score (nSPS) is 11.4. The standard InChI is InChI=1S/C15H17N/c1-15(2,3)13-9-10-16-14(11-13)12-7-5-4-6-8-12/h4-11H,1-3H3/p+1. The molecule has 0 fully saturated rings. The van der Waals surface area contributed by atoms with E-state index in [4.69, 9.17) is 0 Å². The van der Waals surface area contributed by atoms with E-state index in [0.717, 1.165) is 0 Å². The highest BCUT2D eigenvalue weighted by molar-refractivity contribution is 5.56. The fourth-order valence-corrected chi connectivity index (χ4v) is 1.72. The molecule has 0 saturated heterocycles. The van der Waals surface area contributed by atoms with E-state index in [0.29, 0.717) is 0 Å². The number of pyridine rings is 1. The molecular formula is C15H18N+. The molecule has 1 heterocycles. The van der Waals surface area contributed by atoms with Gasteiger partial charge in [0, 0.05) is 17.7 Å². The lowest BCUT2D eigenvalue weighted by Gasteiger charge is -2.17. The Bertz CT molecular complexity index is 466. The molecule has 0 aliphatic heterocycles. The van der Waals surface area contributed by atoms with E-state index in [1.807, 2.05) is 12.3 Å². The van der Waals surface area contributed by atoms with Crippen molar-refractivity contribution in [2.24, 2.45) is 0 Å². The smallest absolute Gasteiger partial charge is 0.211 e. The van der Waals surface area contributed by atoms with Crippen molar-refractivity contribution in [2.45, 2.75) is 26.2 Å². The first-order valence-electron chi connectivity index (χ1n) is 5.65. The molecular weight excluding hydrogens is 194 g/mol. The van der Waals surface area contributed by atoms with Crippen LogP contribution in [0.25, 0.3) is 11.3 Å². The minimum Gasteiger partial charge on any atom is -0.211 e. The second-order valence-electron chi connectivity index (χ2n) is 5.11. The summed E-state index contributed by atoms with van der Waals surface area (Å²) in [6.07, 6.45) is 2.02. The zero-order valence-electron chi connectivity index (χ0n) is 10.1. The van der Waals surface area contributed by atoms with Crippen LogP contribution in [0.1, 0.15) is 26.3 Å². The summed E-state index contributed by atoms with van der Waals surface area (Å²) in [6.45, 7) is 6.70. The third kappa shape index (κ3) is 2.30. The monoisotopic (exact) mass is 212 g/mol. The zero-order valence-corrected chi connectivity index (χ0v) is 10.1. The Morgan fingerprint density at radius 1 is 0.938 bits per heavy atom. The molecule has 1 aromatic heterocycles. The number of aromatic amines is 1. The first kappa shape index (κ1) is 10.9. The van der Waals surface area contributed by atoms with Crippen LogP contribution in [0, 0.1) is 0 Å². The number of benzene rings is 1. The van der Waals surface area contributed by atoms with Crippen LogP contribution in [0.15, 0.2) is 48.7 Å². The molecule has 0 atom stereocenters. The maximum absolute atomic E-state index is 3.30. The highest BCUT2D eigenvalue weighted by Gasteiger charge is 2.16. The molecule has 16 heavy (non-hydrogen) atoms. The van der Waals surface area contributed by atoms with Gasteiger partial charge >= 0.3 is 0 Å². The molecule has 0 unspecified atom stereocenters. The zero-order chi connectivity index (χ0) is 11.6. The van der Waals surface area contributed by atoms with Gasteiger partial charge in [0.25, 0.3) is 0 Å². The predicted octanol–water partition coefficient (Wildman–Crippen LogP) is 3.47. The van der Waals surface area contributed by atoms with Crippen molar-refractivity contribution in [2.75, 3.05) is 0 Å². The first-order valence-corrected chi connectivity index (χ1v) is 5.65. The van der Waals surface area contributed by atoms with Gasteiger partial charge in [-0.1, -0.05) is 39.0 Å². The van der Waals surface area contributed by atoms with E-state index in [2.05, 4.69) is 62.2 Å². The fraction of sp³-hybridized carbons (Fsp3) is 0.267. The van der Waals surface area contributed by atoms with Crippen LogP contribution in [0.3, 0.4) is 0 Å². The second kappa shape index (κ2) is 4.09. The van der Waals surface area contributed by atoms with Crippen molar-refractivity contribution in [3.8, 4) is 11.3 Å². The summed E-state index contributed by atoms with van der Waals surface area (Å²) in [6, 6.07) is 14.8. The maximum atomic E-state index is 3.30. The number of rotatable bonds is 1. The predicted molar refractivity (Wildman–Crippen MR) is 67.1 cm³/mol. The lowest BCUT2D eigenvalue weighted by molar-refractivity contribution is -0.364. The molecule has 2 aromatic rings. The van der Waals surface area contributed by atoms with Crippen molar-refractivity contribution in [3.05, 3.63) is 54.2 Å². The first-order chi connectivity index (χ1) is 7.57. The van der Waals surface area contributed by atoms with Crippen LogP contribution in [0.2, 0.25) is 0 Å². The molecule has 82 valence electrons. The van der Waals surface area contributed by atoms with Gasteiger partial charge in [0.15, 0.2) is 6.20 Å². The molecule has 0 radical (unpaired) electrons. The minimum atomic E-state index is 0.193. The molecule has 0 aliphatic carbocycles. The van der Waals surface area contributed by atoms with Crippen LogP contribution < -0.4 is 4.98 Å². The Morgan fingerprint density at radius 2 is 1.62 bits per heavy atom. The van der Waals surface area contributed by atoms with E-state index in [1.165, 1.54) is 16.8 Å². The third-order valence-corrected chi connectivity index (χ3v) is 2.75. The van der Waals surface area contributed by atoms with Gasteiger partial charge in [-0.25, -0.2) is 4.98 Å². The van der Waals surface area contributed by atoms with Crippen molar-refractivity contribution in [3.63, 3.8) is 0 Å². The Morgan fingerprint density at radius 3 is 2.25 bits per heavy atom. The van der Waals surface area contributed by atoms with Gasteiger partial charge in [0.05, 0.1) is 0 Å². The van der Waals surface area contributed by atoms with Gasteiger partial charge in [-0.2, -0.15) is 0 Å². The Hall–Kier alpha value is -1.63. The van der Waals surface area contributed by atoms with E-state index in [1.54, 1.807) is 0 Å². The van der Waals surface area contributed by atoms with Crippen molar-refractivity contribution in [1.29, 1.82) is 0 Å². The largest absolute Gasteiger partial charge is 0.211 e. The lowest BCUT2D eigenvalue weighted by Crippen LogP contribution is -2.15. The molecule has 0 bridgehead atoms. The molecule has 1 heteroatoms. The summed E-state index contributed by atoms with van der Waals surface area (Å²) in [5, 5.41) is 0. The molecule has 1 N–H and O–H groups in total. The minimum absolute atomic E-state index is 0.193. The highest BCUT2D eigenvalue weighted by Crippen LogP contribution is 2.24. The summed E-state index contributed by atoms with van der Waals surface area (Å²) in [5.41, 5.74) is 3.95. The number of nitrogens with one attached hydrogen (secondary N) is 1. The number of aromatic nitrogens is 1. The molecule has 2 rings (SSSR count). The molecule has 0 saturated carbocycles. The van der Waals surface area contributed by atoms with Crippen molar-refractivity contribution >= 4 is 0 Å². The lowest BCUT2D eigenvalue weighted by atomic mass is 9.87. The summed E-state index contributed by atoms with van der Waals surface area (Å²) < 4.78 is 0. The Balaban J connectivity index is 2.45. The van der Waals surface area contributed by atoms with Crippen molar-refractivity contribution in [1.82, 2.24) is 0 Å². The number of H-pyrrole nitrogens is 1. The van der Waals surface area contributed by atoms with Gasteiger partial charge in [-0.3, -0.25) is 0 Å². The average Bonchev–Trinajstić information content (AvgIpc) is 2.29. The molecule has 0 aliphatic rings. The number of hydrogen-bond donors (Lipinski definition) is 0. The van der Waals surface area contributed by atoms with Crippen LogP contribution in [0.5, 0.6) is 0 Å². The van der Waals surface area contributed by atoms with E-state index in [9.17, 15) is 0 Å². The van der Waals surface area contributed by atoms with Crippen LogP contribution in [-0.4, -0.2) is 0 Å². The Kier molecular flexibility index (Phi) is 2.78. The molecule has 1 aromatic carbocycles. The van der Waals surface area contributed by atoms with E-state index in [-0.39, 0.29) is 5.41 Å². The van der Waals surface area contributed by atoms with Gasteiger partial charge < -0.3 is 0 Å². The summed E-state index contributed by atoms with van der Waals surface area (Å²) in [4.78, 5) is 3.30. The molecule has 0 amide bonds. The molecule has 1 nitrogen and oxygen atoms in total. The second-order valence-corrected chi connectivity index (χ2v) is 5.11. The van der Waals surface area contributed by atoms with E-state index >= 15 is 0 Å². The average molecular weight is 212 g/mol. The number of hydrogen-bond acceptors (Lipinski definition) is 0. The Labute approximate surface area is 97.2 Å². The summed E-state index contributed by atoms with van der Waals surface area (Å²) in [5.74, 6) is 0.